The van der Waals surface area contributed by atoms with Gasteiger partial charge in [-0.3, -0.25) is 9.78 Å². The Kier molecular flexibility index (Phi) is 7.72. The molecule has 0 fully saturated rings. The van der Waals surface area contributed by atoms with Crippen LogP contribution in [0.25, 0.3) is 10.9 Å². The predicted octanol–water partition coefficient (Wildman–Crippen LogP) is 3.23. The van der Waals surface area contributed by atoms with Gasteiger partial charge in [0, 0.05) is 30.0 Å². The van der Waals surface area contributed by atoms with Crippen molar-refractivity contribution < 1.29 is 13.6 Å². The molecule has 10 nitrogen and oxygen atoms in total. The number of nitrogens with one attached hydrogen (secondary N) is 4. The molecule has 1 amide bonds. The smallest absolute Gasteiger partial charge is 0.383 e. The number of hydrogen-bond acceptors (Lipinski definition) is 9. The SMILES string of the molecule is BC(Nc1cc(Cl)c2ncc(C#N)c(NCC(C)(C)C)c2c1)(C1=CN(C(F)(F)C(N)=O)NN1)c1cccc(C#N)c1. The normalized spacial score (nSPS) is 14.8. The van der Waals surface area contributed by atoms with Crippen LogP contribution < -0.4 is 27.3 Å². The molecular formula is C27H27BClF2N9O. The van der Waals surface area contributed by atoms with Gasteiger partial charge in [0.1, 0.15) is 13.9 Å². The molecule has 210 valence electrons. The number of rotatable bonds is 8. The third-order valence-electron chi connectivity index (χ3n) is 6.51. The lowest BCUT2D eigenvalue weighted by Crippen LogP contribution is -2.55. The van der Waals surface area contributed by atoms with Crippen LogP contribution in [0.3, 0.4) is 0 Å². The van der Waals surface area contributed by atoms with Gasteiger partial charge in [-0.1, -0.05) is 44.5 Å². The van der Waals surface area contributed by atoms with Crippen LogP contribution in [0.2, 0.25) is 5.02 Å². The monoisotopic (exact) mass is 577 g/mol. The zero-order valence-corrected chi connectivity index (χ0v) is 23.5. The van der Waals surface area contributed by atoms with Gasteiger partial charge in [-0.25, -0.2) is 5.01 Å². The Hall–Kier alpha value is -4.59. The van der Waals surface area contributed by atoms with Gasteiger partial charge in [0.25, 0.3) is 0 Å². The second-order valence-corrected chi connectivity index (χ2v) is 11.3. The van der Waals surface area contributed by atoms with Crippen molar-refractivity contribution in [2.45, 2.75) is 32.3 Å². The highest BCUT2D eigenvalue weighted by atomic mass is 35.5. The maximum absolute atomic E-state index is 14.4. The molecule has 14 heteroatoms. The van der Waals surface area contributed by atoms with Gasteiger partial charge in [-0.2, -0.15) is 19.3 Å². The third kappa shape index (κ3) is 5.82. The molecule has 41 heavy (non-hydrogen) atoms. The van der Waals surface area contributed by atoms with Crippen LogP contribution in [0, 0.1) is 28.1 Å². The Morgan fingerprint density at radius 3 is 2.59 bits per heavy atom. The third-order valence-corrected chi connectivity index (χ3v) is 6.80. The zero-order chi connectivity index (χ0) is 30.2. The first-order valence-electron chi connectivity index (χ1n) is 12.5. The number of halogens is 3. The minimum atomic E-state index is -4.04. The summed E-state index contributed by atoms with van der Waals surface area (Å²) < 4.78 is 28.9. The summed E-state index contributed by atoms with van der Waals surface area (Å²) in [4.78, 5) is 15.8. The molecule has 3 aromatic rings. The van der Waals surface area contributed by atoms with E-state index in [0.29, 0.717) is 45.5 Å². The van der Waals surface area contributed by atoms with Gasteiger partial charge in [-0.05, 0) is 35.2 Å². The number of nitrogens with zero attached hydrogens (tertiary/aromatic N) is 4. The number of fused-ring (bicyclic) bond motifs is 1. The fraction of sp³-hybridized carbons (Fsp3) is 0.259. The summed E-state index contributed by atoms with van der Waals surface area (Å²) in [6.07, 6.45) is 2.47. The summed E-state index contributed by atoms with van der Waals surface area (Å²) in [5.41, 5.74) is 11.3. The van der Waals surface area contributed by atoms with Crippen LogP contribution in [0.5, 0.6) is 0 Å². The van der Waals surface area contributed by atoms with E-state index in [4.69, 9.17) is 17.3 Å². The lowest BCUT2D eigenvalue weighted by molar-refractivity contribution is -0.174. The standard InChI is InChI=1S/C27H27BClF2N9O/c1-25(2,3)14-36-22-16(11-33)12-35-23-19(22)8-18(9-20(23)29)37-26(28,17-6-4-5-15(7-17)10-32)21-13-40(39-38-21)27(30,31)24(34)41/h4-9,12-13,37-39H,14,28H2,1-3H3,(H2,34,41)(H,35,36). The number of benzene rings is 2. The van der Waals surface area contributed by atoms with Crippen molar-refractivity contribution in [3.8, 4) is 12.1 Å². The van der Waals surface area contributed by atoms with Crippen molar-refractivity contribution in [1.29, 1.82) is 10.5 Å². The van der Waals surface area contributed by atoms with Crippen molar-refractivity contribution in [3.63, 3.8) is 0 Å². The molecule has 1 atom stereocenters. The lowest BCUT2D eigenvalue weighted by Gasteiger charge is -2.34. The van der Waals surface area contributed by atoms with E-state index in [1.807, 2.05) is 0 Å². The topological polar surface area (TPSA) is 155 Å². The van der Waals surface area contributed by atoms with Crippen LogP contribution in [0.4, 0.5) is 20.2 Å². The Labute approximate surface area is 241 Å². The maximum atomic E-state index is 14.4. The number of alkyl halides is 2. The summed E-state index contributed by atoms with van der Waals surface area (Å²) in [6.45, 7) is 6.72. The van der Waals surface area contributed by atoms with E-state index < -0.39 is 17.4 Å². The number of nitriles is 2. The van der Waals surface area contributed by atoms with E-state index >= 15 is 0 Å². The molecule has 2 heterocycles. The van der Waals surface area contributed by atoms with Gasteiger partial charge in [0.2, 0.25) is 0 Å². The van der Waals surface area contributed by atoms with E-state index in [1.54, 1.807) is 44.2 Å². The summed E-state index contributed by atoms with van der Waals surface area (Å²) in [5, 5.41) is 27.1. The minimum Gasteiger partial charge on any atom is -0.383 e. The van der Waals surface area contributed by atoms with Gasteiger partial charge in [0.05, 0.1) is 44.6 Å². The second-order valence-electron chi connectivity index (χ2n) is 10.9. The average Bonchev–Trinajstić information content (AvgIpc) is 3.43. The van der Waals surface area contributed by atoms with Crippen LogP contribution >= 0.6 is 11.6 Å². The zero-order valence-electron chi connectivity index (χ0n) is 22.7. The molecule has 0 aliphatic carbocycles. The number of carbonyl (C=O) groups excluding carboxylic acids is 1. The highest BCUT2D eigenvalue weighted by Gasteiger charge is 2.47. The van der Waals surface area contributed by atoms with Crippen LogP contribution in [0.15, 0.2) is 54.5 Å². The predicted molar refractivity (Wildman–Crippen MR) is 155 cm³/mol. The quantitative estimate of drug-likeness (QED) is 0.200. The Balaban J connectivity index is 1.87. The van der Waals surface area contributed by atoms with E-state index in [2.05, 4.69) is 59.5 Å². The van der Waals surface area contributed by atoms with E-state index in [9.17, 15) is 24.1 Å². The summed E-state index contributed by atoms with van der Waals surface area (Å²) in [5.74, 6) is -1.84. The molecule has 0 spiro atoms. The van der Waals surface area contributed by atoms with Gasteiger partial charge >= 0.3 is 12.0 Å². The molecule has 6 N–H and O–H groups in total. The summed E-state index contributed by atoms with van der Waals surface area (Å²) in [6, 6.07) is 10.2. The van der Waals surface area contributed by atoms with E-state index in [-0.39, 0.29) is 21.1 Å². The first-order chi connectivity index (χ1) is 19.2. The number of pyridine rings is 1. The number of nitrogens with two attached hydrogens (primary N) is 1. The van der Waals surface area contributed by atoms with Crippen molar-refractivity contribution >= 4 is 47.6 Å². The average molecular weight is 578 g/mol. The fourth-order valence-corrected chi connectivity index (χ4v) is 4.55. The first-order valence-corrected chi connectivity index (χ1v) is 12.8. The molecule has 1 unspecified atom stereocenters. The largest absolute Gasteiger partial charge is 0.418 e. The van der Waals surface area contributed by atoms with Gasteiger partial charge in [0.15, 0.2) is 0 Å². The molecule has 4 rings (SSSR count). The lowest BCUT2D eigenvalue weighted by atomic mass is 9.69. The van der Waals surface area contributed by atoms with E-state index in [0.717, 1.165) is 6.20 Å². The van der Waals surface area contributed by atoms with Crippen molar-refractivity contribution in [2.75, 3.05) is 17.2 Å². The number of aromatic nitrogens is 1. The number of anilines is 2. The second kappa shape index (κ2) is 10.8. The number of carbonyl (C=O) groups is 1. The number of hydrogen-bond donors (Lipinski definition) is 5. The highest BCUT2D eigenvalue weighted by molar-refractivity contribution is 6.36. The molecule has 0 saturated carbocycles. The molecule has 1 aliphatic heterocycles. The van der Waals surface area contributed by atoms with Crippen molar-refractivity contribution in [2.24, 2.45) is 11.1 Å². The van der Waals surface area contributed by atoms with E-state index in [1.165, 1.54) is 6.20 Å². The Morgan fingerprint density at radius 1 is 1.22 bits per heavy atom. The molecule has 0 bridgehead atoms. The van der Waals surface area contributed by atoms with Gasteiger partial charge < -0.3 is 21.8 Å². The fourth-order valence-electron chi connectivity index (χ4n) is 4.28. The number of amides is 1. The molecule has 1 aliphatic rings. The molecular weight excluding hydrogens is 551 g/mol. The number of hydrazine groups is 2. The maximum Gasteiger partial charge on any atom is 0.418 e. The van der Waals surface area contributed by atoms with Crippen molar-refractivity contribution in [1.82, 2.24) is 21.0 Å². The van der Waals surface area contributed by atoms with Crippen LogP contribution in [-0.4, -0.2) is 36.3 Å². The Morgan fingerprint density at radius 2 is 1.95 bits per heavy atom. The van der Waals surface area contributed by atoms with Crippen molar-refractivity contribution in [3.05, 3.63) is 76.2 Å². The van der Waals surface area contributed by atoms with Crippen LogP contribution in [0.1, 0.15) is 37.5 Å². The summed E-state index contributed by atoms with van der Waals surface area (Å²) in [7, 11) is 1.71. The summed E-state index contributed by atoms with van der Waals surface area (Å²) >= 11 is 6.66. The molecule has 2 aromatic carbocycles. The molecule has 0 radical (unpaired) electrons. The first kappa shape index (κ1) is 29.4. The van der Waals surface area contributed by atoms with Gasteiger partial charge in [-0.15, -0.1) is 5.53 Å². The van der Waals surface area contributed by atoms with Crippen LogP contribution in [-0.2, 0) is 10.2 Å². The number of primary amides is 1. The Bertz CT molecular complexity index is 1640. The molecule has 1 aromatic heterocycles. The minimum absolute atomic E-state index is 0.0984. The molecule has 0 saturated heterocycles. The highest BCUT2D eigenvalue weighted by Crippen LogP contribution is 2.38.